The molecule has 3 aromatic heterocycles. The van der Waals surface area contributed by atoms with E-state index in [1.54, 1.807) is 11.3 Å². The molecule has 0 aromatic carbocycles. The van der Waals surface area contributed by atoms with Crippen molar-refractivity contribution in [3.05, 3.63) is 39.4 Å². The molecule has 0 aliphatic heterocycles. The van der Waals surface area contributed by atoms with Crippen molar-refractivity contribution in [1.82, 2.24) is 19.6 Å². The monoisotopic (exact) mass is 384 g/mol. The van der Waals surface area contributed by atoms with E-state index in [9.17, 15) is 4.79 Å². The van der Waals surface area contributed by atoms with Gasteiger partial charge in [-0.15, -0.1) is 16.4 Å². The molecule has 1 fully saturated rings. The first-order valence-corrected chi connectivity index (χ1v) is 10.8. The Bertz CT molecular complexity index is 986. The van der Waals surface area contributed by atoms with Gasteiger partial charge < -0.3 is 4.98 Å². The van der Waals surface area contributed by atoms with E-state index in [1.165, 1.54) is 12.8 Å². The number of aromatic amines is 1. The molecular formula is C21H28N4OS. The van der Waals surface area contributed by atoms with Gasteiger partial charge in [0.25, 0.3) is 5.56 Å². The second kappa shape index (κ2) is 6.89. The van der Waals surface area contributed by atoms with Gasteiger partial charge in [-0.25, -0.2) is 9.50 Å². The number of aryl methyl sites for hydroxylation is 1. The lowest BCUT2D eigenvalue weighted by Gasteiger charge is -2.36. The maximum atomic E-state index is 12.8. The molecule has 3 aromatic rings. The summed E-state index contributed by atoms with van der Waals surface area (Å²) in [5.41, 5.74) is 1.74. The van der Waals surface area contributed by atoms with Crippen molar-refractivity contribution < 1.29 is 0 Å². The topological polar surface area (TPSA) is 63.1 Å². The van der Waals surface area contributed by atoms with Gasteiger partial charge in [0.1, 0.15) is 5.82 Å². The Morgan fingerprint density at radius 1 is 1.26 bits per heavy atom. The van der Waals surface area contributed by atoms with Crippen LogP contribution in [0.1, 0.15) is 70.8 Å². The molecule has 1 N–H and O–H groups in total. The van der Waals surface area contributed by atoms with Crippen LogP contribution in [-0.4, -0.2) is 19.6 Å². The molecule has 1 aliphatic rings. The Kier molecular flexibility index (Phi) is 4.70. The van der Waals surface area contributed by atoms with Crippen molar-refractivity contribution in [2.75, 3.05) is 0 Å². The molecule has 0 radical (unpaired) electrons. The standard InChI is InChI=1S/C21H28N4OS/c1-5-15-17-20(26)23-18(16-7-6-12-27-16)24-25(17)19(22-15)13-8-10-14(11-9-13)21(2,3)4/h6-7,12-14H,5,8-11H2,1-4H3,(H,23,24,26)/t13-,14-. The molecule has 4 rings (SSSR count). The van der Waals surface area contributed by atoms with Gasteiger partial charge in [-0.05, 0) is 54.9 Å². The summed E-state index contributed by atoms with van der Waals surface area (Å²) in [6, 6.07) is 3.96. The number of H-pyrrole nitrogens is 1. The fourth-order valence-electron chi connectivity index (χ4n) is 4.35. The minimum Gasteiger partial charge on any atom is -0.303 e. The minimum absolute atomic E-state index is 0.0904. The Morgan fingerprint density at radius 3 is 2.59 bits per heavy atom. The van der Waals surface area contributed by atoms with E-state index in [-0.39, 0.29) is 5.56 Å². The Labute approximate surface area is 163 Å². The minimum atomic E-state index is -0.0904. The highest BCUT2D eigenvalue weighted by Crippen LogP contribution is 2.43. The number of nitrogens with one attached hydrogen (secondary N) is 1. The number of hydrogen-bond donors (Lipinski definition) is 1. The first-order valence-electron chi connectivity index (χ1n) is 9.94. The van der Waals surface area contributed by atoms with E-state index >= 15 is 0 Å². The average molecular weight is 385 g/mol. The van der Waals surface area contributed by atoms with Crippen LogP contribution in [0.25, 0.3) is 16.2 Å². The molecule has 0 bridgehead atoms. The highest BCUT2D eigenvalue weighted by molar-refractivity contribution is 7.13. The lowest BCUT2D eigenvalue weighted by molar-refractivity contribution is 0.167. The fraction of sp³-hybridized carbons (Fsp3) is 0.571. The molecule has 1 aliphatic carbocycles. The van der Waals surface area contributed by atoms with Crippen molar-refractivity contribution in [2.24, 2.45) is 11.3 Å². The molecule has 0 saturated heterocycles. The van der Waals surface area contributed by atoms with E-state index in [2.05, 4.69) is 32.7 Å². The summed E-state index contributed by atoms with van der Waals surface area (Å²) in [7, 11) is 0. The van der Waals surface area contributed by atoms with Crippen LogP contribution in [-0.2, 0) is 6.42 Å². The van der Waals surface area contributed by atoms with Gasteiger partial charge >= 0.3 is 0 Å². The maximum absolute atomic E-state index is 12.8. The molecule has 0 atom stereocenters. The van der Waals surface area contributed by atoms with Crippen molar-refractivity contribution in [1.29, 1.82) is 0 Å². The van der Waals surface area contributed by atoms with Gasteiger partial charge in [-0.3, -0.25) is 4.79 Å². The van der Waals surface area contributed by atoms with Crippen LogP contribution in [0, 0.1) is 11.3 Å². The first-order chi connectivity index (χ1) is 12.9. The third kappa shape index (κ3) is 3.35. The van der Waals surface area contributed by atoms with Crippen molar-refractivity contribution in [2.45, 2.75) is 65.7 Å². The molecule has 0 amide bonds. The average Bonchev–Trinajstić information content (AvgIpc) is 3.29. The van der Waals surface area contributed by atoms with Gasteiger partial charge in [-0.1, -0.05) is 33.8 Å². The highest BCUT2D eigenvalue weighted by atomic mass is 32.1. The molecule has 6 heteroatoms. The number of thiophene rings is 1. The second-order valence-corrected chi connectivity index (χ2v) is 9.67. The van der Waals surface area contributed by atoms with E-state index in [1.807, 2.05) is 22.0 Å². The van der Waals surface area contributed by atoms with Crippen LogP contribution in [0.15, 0.2) is 22.3 Å². The zero-order valence-corrected chi connectivity index (χ0v) is 17.4. The Morgan fingerprint density at radius 2 is 2.00 bits per heavy atom. The van der Waals surface area contributed by atoms with Gasteiger partial charge in [-0.2, -0.15) is 0 Å². The lowest BCUT2D eigenvalue weighted by atomic mass is 9.70. The van der Waals surface area contributed by atoms with Gasteiger partial charge in [0.2, 0.25) is 0 Å². The summed E-state index contributed by atoms with van der Waals surface area (Å²) < 4.78 is 1.84. The SMILES string of the molecule is CCc1nc([C@H]2CC[C@H](C(C)(C)C)CC2)n2nc(-c3cccs3)[nH]c(=O)c12. The summed E-state index contributed by atoms with van der Waals surface area (Å²) in [5.74, 6) is 2.73. The summed E-state index contributed by atoms with van der Waals surface area (Å²) >= 11 is 1.58. The van der Waals surface area contributed by atoms with Gasteiger partial charge in [0.15, 0.2) is 11.3 Å². The van der Waals surface area contributed by atoms with Crippen LogP contribution in [0.3, 0.4) is 0 Å². The molecule has 1 saturated carbocycles. The lowest BCUT2D eigenvalue weighted by Crippen LogP contribution is -2.26. The normalized spacial score (nSPS) is 21.0. The Hall–Kier alpha value is -1.95. The van der Waals surface area contributed by atoms with Crippen LogP contribution in [0.5, 0.6) is 0 Å². The predicted octanol–water partition coefficient (Wildman–Crippen LogP) is 5.03. The summed E-state index contributed by atoms with van der Waals surface area (Å²) in [6.45, 7) is 9.07. The number of fused-ring (bicyclic) bond motifs is 1. The quantitative estimate of drug-likeness (QED) is 0.689. The van der Waals surface area contributed by atoms with Crippen LogP contribution in [0.2, 0.25) is 0 Å². The van der Waals surface area contributed by atoms with Crippen molar-refractivity contribution in [3.8, 4) is 10.7 Å². The third-order valence-corrected chi connectivity index (χ3v) is 6.88. The molecule has 3 heterocycles. The Balaban J connectivity index is 1.76. The number of nitrogens with zero attached hydrogens (tertiary/aromatic N) is 3. The second-order valence-electron chi connectivity index (χ2n) is 8.73. The molecule has 27 heavy (non-hydrogen) atoms. The molecule has 144 valence electrons. The smallest absolute Gasteiger partial charge is 0.277 e. The van der Waals surface area contributed by atoms with Crippen molar-refractivity contribution in [3.63, 3.8) is 0 Å². The predicted molar refractivity (Wildman–Crippen MR) is 110 cm³/mol. The summed E-state index contributed by atoms with van der Waals surface area (Å²) in [4.78, 5) is 21.6. The fourth-order valence-corrected chi connectivity index (χ4v) is 5.01. The van der Waals surface area contributed by atoms with Crippen LogP contribution >= 0.6 is 11.3 Å². The summed E-state index contributed by atoms with van der Waals surface area (Å²) in [6.07, 6.45) is 5.40. The molecule has 5 nitrogen and oxygen atoms in total. The molecule has 0 unspecified atom stereocenters. The van der Waals surface area contributed by atoms with E-state index in [4.69, 9.17) is 10.1 Å². The maximum Gasteiger partial charge on any atom is 0.277 e. The number of hydrogen-bond acceptors (Lipinski definition) is 4. The van der Waals surface area contributed by atoms with Gasteiger partial charge in [0, 0.05) is 5.92 Å². The number of imidazole rings is 1. The zero-order valence-electron chi connectivity index (χ0n) is 16.6. The molecular weight excluding hydrogens is 356 g/mol. The molecule has 0 spiro atoms. The van der Waals surface area contributed by atoms with Gasteiger partial charge in [0.05, 0.1) is 10.6 Å². The largest absolute Gasteiger partial charge is 0.303 e. The highest BCUT2D eigenvalue weighted by Gasteiger charge is 2.32. The van der Waals surface area contributed by atoms with E-state index in [0.717, 1.165) is 41.6 Å². The summed E-state index contributed by atoms with van der Waals surface area (Å²) in [5, 5.41) is 6.80. The number of rotatable bonds is 3. The van der Waals surface area contributed by atoms with Crippen LogP contribution < -0.4 is 5.56 Å². The van der Waals surface area contributed by atoms with Crippen molar-refractivity contribution >= 4 is 16.9 Å². The van der Waals surface area contributed by atoms with E-state index in [0.29, 0.717) is 22.7 Å². The first kappa shape index (κ1) is 18.4. The van der Waals surface area contributed by atoms with E-state index < -0.39 is 0 Å². The van der Waals surface area contributed by atoms with Crippen LogP contribution in [0.4, 0.5) is 0 Å². The zero-order chi connectivity index (χ0) is 19.2. The third-order valence-electron chi connectivity index (χ3n) is 6.01. The number of aromatic nitrogens is 4.